The highest BCUT2D eigenvalue weighted by Crippen LogP contribution is 2.21. The maximum atomic E-state index is 11.8. The van der Waals surface area contributed by atoms with E-state index in [0.29, 0.717) is 17.3 Å². The number of nitrogens with zero attached hydrogens (tertiary/aromatic N) is 1. The molecule has 0 radical (unpaired) electrons. The van der Waals surface area contributed by atoms with Crippen molar-refractivity contribution >= 4 is 23.3 Å². The van der Waals surface area contributed by atoms with Gasteiger partial charge in [-0.05, 0) is 18.6 Å². The molecule has 2 unspecified atom stereocenters. The molecule has 16 heavy (non-hydrogen) atoms. The Bertz CT molecular complexity index is 433. The average Bonchev–Trinajstić information content (AvgIpc) is 2.68. The molecular formula is C11H12ClN3O. The fraction of sp³-hybridized carbons (Fsp3) is 0.273. The van der Waals surface area contributed by atoms with Crippen molar-refractivity contribution in [1.82, 2.24) is 4.98 Å². The lowest BCUT2D eigenvalue weighted by molar-refractivity contribution is -0.118. The monoisotopic (exact) mass is 237 g/mol. The molecule has 0 spiro atoms. The summed E-state index contributed by atoms with van der Waals surface area (Å²) >= 11 is 5.88. The summed E-state index contributed by atoms with van der Waals surface area (Å²) in [5.74, 6) is 0.0842. The van der Waals surface area contributed by atoms with Gasteiger partial charge in [0.25, 0.3) is 0 Å². The molecule has 0 saturated carbocycles. The highest BCUT2D eigenvalue weighted by atomic mass is 35.5. The van der Waals surface area contributed by atoms with E-state index in [4.69, 9.17) is 17.3 Å². The van der Waals surface area contributed by atoms with Crippen molar-refractivity contribution in [2.75, 3.05) is 5.32 Å². The number of nitrogens with two attached hydrogens (primary N) is 1. The van der Waals surface area contributed by atoms with E-state index in [1.165, 1.54) is 0 Å². The molecule has 1 amide bonds. The Morgan fingerprint density at radius 2 is 2.38 bits per heavy atom. The van der Waals surface area contributed by atoms with Gasteiger partial charge in [0.2, 0.25) is 5.91 Å². The van der Waals surface area contributed by atoms with Gasteiger partial charge in [0.15, 0.2) is 5.82 Å². The lowest BCUT2D eigenvalue weighted by Crippen LogP contribution is -2.24. The van der Waals surface area contributed by atoms with Gasteiger partial charge in [-0.1, -0.05) is 23.8 Å². The first-order chi connectivity index (χ1) is 7.66. The second kappa shape index (κ2) is 4.63. The lowest BCUT2D eigenvalue weighted by Gasteiger charge is -2.10. The first kappa shape index (κ1) is 11.1. The van der Waals surface area contributed by atoms with Crippen molar-refractivity contribution in [3.05, 3.63) is 35.5 Å². The number of nitrogens with one attached hydrogen (secondary N) is 1. The SMILES string of the molecule is NC1C=CC(C(=O)Nc2ncccc2Cl)C1. The van der Waals surface area contributed by atoms with E-state index in [9.17, 15) is 4.79 Å². The van der Waals surface area contributed by atoms with Gasteiger partial charge in [-0.15, -0.1) is 0 Å². The summed E-state index contributed by atoms with van der Waals surface area (Å²) in [6, 6.07) is 3.36. The molecule has 0 fully saturated rings. The van der Waals surface area contributed by atoms with Crippen LogP contribution in [-0.2, 0) is 4.79 Å². The number of hydrogen-bond acceptors (Lipinski definition) is 3. The first-order valence-electron chi connectivity index (χ1n) is 5.02. The summed E-state index contributed by atoms with van der Waals surface area (Å²) in [4.78, 5) is 15.8. The molecule has 2 rings (SSSR count). The van der Waals surface area contributed by atoms with Gasteiger partial charge >= 0.3 is 0 Å². The Labute approximate surface area is 98.5 Å². The predicted molar refractivity (Wildman–Crippen MR) is 63.1 cm³/mol. The van der Waals surface area contributed by atoms with Crippen LogP contribution in [0.3, 0.4) is 0 Å². The summed E-state index contributed by atoms with van der Waals surface area (Å²) in [6.45, 7) is 0. The summed E-state index contributed by atoms with van der Waals surface area (Å²) in [5.41, 5.74) is 5.68. The Balaban J connectivity index is 2.03. The van der Waals surface area contributed by atoms with E-state index in [0.717, 1.165) is 0 Å². The second-order valence-corrected chi connectivity index (χ2v) is 4.12. The third kappa shape index (κ3) is 2.40. The quantitative estimate of drug-likeness (QED) is 0.768. The predicted octanol–water partition coefficient (Wildman–Crippen LogP) is 1.58. The molecule has 5 heteroatoms. The maximum absolute atomic E-state index is 11.8. The number of hydrogen-bond donors (Lipinski definition) is 2. The van der Waals surface area contributed by atoms with Crippen LogP contribution in [0, 0.1) is 5.92 Å². The van der Waals surface area contributed by atoms with Crippen LogP contribution < -0.4 is 11.1 Å². The molecule has 0 aliphatic heterocycles. The van der Waals surface area contributed by atoms with Crippen LogP contribution >= 0.6 is 11.6 Å². The van der Waals surface area contributed by atoms with Gasteiger partial charge in [-0.2, -0.15) is 0 Å². The third-order valence-corrected chi connectivity index (χ3v) is 2.76. The summed E-state index contributed by atoms with van der Waals surface area (Å²) in [6.07, 6.45) is 5.87. The van der Waals surface area contributed by atoms with Gasteiger partial charge < -0.3 is 11.1 Å². The number of halogens is 1. The Hall–Kier alpha value is -1.39. The standard InChI is InChI=1S/C11H12ClN3O/c12-9-2-1-5-14-10(9)15-11(16)7-3-4-8(13)6-7/h1-5,7-8H,6,13H2,(H,14,15,16). The number of carbonyl (C=O) groups is 1. The van der Waals surface area contributed by atoms with Crippen molar-refractivity contribution in [2.24, 2.45) is 11.7 Å². The number of anilines is 1. The van der Waals surface area contributed by atoms with Gasteiger partial charge in [0.05, 0.1) is 10.9 Å². The lowest BCUT2D eigenvalue weighted by atomic mass is 10.1. The number of aromatic nitrogens is 1. The van der Waals surface area contributed by atoms with E-state index < -0.39 is 0 Å². The molecule has 84 valence electrons. The molecule has 1 aliphatic rings. The highest BCUT2D eigenvalue weighted by molar-refractivity contribution is 6.33. The molecule has 4 nitrogen and oxygen atoms in total. The second-order valence-electron chi connectivity index (χ2n) is 3.71. The Morgan fingerprint density at radius 1 is 1.56 bits per heavy atom. The normalized spacial score (nSPS) is 23.4. The molecule has 0 saturated heterocycles. The van der Waals surface area contributed by atoms with Crippen LogP contribution in [-0.4, -0.2) is 16.9 Å². The van der Waals surface area contributed by atoms with Crippen molar-refractivity contribution in [3.8, 4) is 0 Å². The van der Waals surface area contributed by atoms with E-state index in [2.05, 4.69) is 10.3 Å². The van der Waals surface area contributed by atoms with Crippen molar-refractivity contribution < 1.29 is 4.79 Å². The van der Waals surface area contributed by atoms with Crippen molar-refractivity contribution in [1.29, 1.82) is 0 Å². The largest absolute Gasteiger partial charge is 0.324 e. The van der Waals surface area contributed by atoms with E-state index in [-0.39, 0.29) is 17.9 Å². The van der Waals surface area contributed by atoms with Crippen LogP contribution in [0.25, 0.3) is 0 Å². The smallest absolute Gasteiger partial charge is 0.232 e. The van der Waals surface area contributed by atoms with E-state index in [1.54, 1.807) is 18.3 Å². The molecule has 1 aromatic heterocycles. The van der Waals surface area contributed by atoms with Gasteiger partial charge in [-0.3, -0.25) is 4.79 Å². The summed E-state index contributed by atoms with van der Waals surface area (Å²) in [5, 5.41) is 3.12. The number of amides is 1. The minimum atomic E-state index is -0.187. The minimum absolute atomic E-state index is 0.0324. The molecule has 1 aromatic rings. The Morgan fingerprint density at radius 3 is 3.00 bits per heavy atom. The average molecular weight is 238 g/mol. The van der Waals surface area contributed by atoms with Crippen LogP contribution in [0.2, 0.25) is 5.02 Å². The maximum Gasteiger partial charge on any atom is 0.232 e. The summed E-state index contributed by atoms with van der Waals surface area (Å²) < 4.78 is 0. The van der Waals surface area contributed by atoms with E-state index in [1.807, 2.05) is 12.2 Å². The first-order valence-corrected chi connectivity index (χ1v) is 5.40. The van der Waals surface area contributed by atoms with Gasteiger partial charge in [0, 0.05) is 12.2 Å². The van der Waals surface area contributed by atoms with Gasteiger partial charge in [-0.25, -0.2) is 4.98 Å². The zero-order chi connectivity index (χ0) is 11.5. The molecule has 1 aliphatic carbocycles. The third-order valence-electron chi connectivity index (χ3n) is 2.45. The number of pyridine rings is 1. The molecule has 2 atom stereocenters. The fourth-order valence-corrected chi connectivity index (χ4v) is 1.78. The molecule has 3 N–H and O–H groups in total. The molecule has 0 aromatic carbocycles. The zero-order valence-corrected chi connectivity index (χ0v) is 9.32. The van der Waals surface area contributed by atoms with Gasteiger partial charge in [0.1, 0.15) is 0 Å². The summed E-state index contributed by atoms with van der Waals surface area (Å²) in [7, 11) is 0. The van der Waals surface area contributed by atoms with Crippen LogP contribution in [0.5, 0.6) is 0 Å². The van der Waals surface area contributed by atoms with Crippen LogP contribution in [0.1, 0.15) is 6.42 Å². The fourth-order valence-electron chi connectivity index (χ4n) is 1.61. The molecule has 0 bridgehead atoms. The van der Waals surface area contributed by atoms with Crippen LogP contribution in [0.4, 0.5) is 5.82 Å². The van der Waals surface area contributed by atoms with Crippen LogP contribution in [0.15, 0.2) is 30.5 Å². The molecule has 1 heterocycles. The Kier molecular flexibility index (Phi) is 3.22. The highest BCUT2D eigenvalue weighted by Gasteiger charge is 2.23. The topological polar surface area (TPSA) is 68.0 Å². The minimum Gasteiger partial charge on any atom is -0.324 e. The number of carbonyl (C=O) groups excluding carboxylic acids is 1. The zero-order valence-electron chi connectivity index (χ0n) is 8.56. The van der Waals surface area contributed by atoms with E-state index >= 15 is 0 Å². The molecular weight excluding hydrogens is 226 g/mol. The van der Waals surface area contributed by atoms with Crippen molar-refractivity contribution in [3.63, 3.8) is 0 Å². The number of rotatable bonds is 2. The van der Waals surface area contributed by atoms with Crippen molar-refractivity contribution in [2.45, 2.75) is 12.5 Å².